The number of nitrogens with one attached hydrogen (secondary N) is 2. The molecule has 1 aliphatic carbocycles. The average Bonchev–Trinajstić information content (AvgIpc) is 2.71. The molecule has 0 bridgehead atoms. The number of anilines is 1. The third-order valence-corrected chi connectivity index (χ3v) is 3.68. The van der Waals surface area contributed by atoms with Crippen LogP contribution in [-0.2, 0) is 6.54 Å². The quantitative estimate of drug-likeness (QED) is 0.826. The van der Waals surface area contributed by atoms with E-state index in [0.717, 1.165) is 23.0 Å². The molecule has 1 fully saturated rings. The van der Waals surface area contributed by atoms with E-state index in [4.69, 9.17) is 12.2 Å². The summed E-state index contributed by atoms with van der Waals surface area (Å²) in [4.78, 5) is 0. The zero-order valence-electron chi connectivity index (χ0n) is 11.2. The van der Waals surface area contributed by atoms with Gasteiger partial charge >= 0.3 is 0 Å². The van der Waals surface area contributed by atoms with Crippen molar-refractivity contribution >= 4 is 23.0 Å². The Balaban J connectivity index is 1.87. The van der Waals surface area contributed by atoms with Gasteiger partial charge in [0.05, 0.1) is 11.4 Å². The van der Waals surface area contributed by atoms with E-state index >= 15 is 0 Å². The van der Waals surface area contributed by atoms with Crippen LogP contribution < -0.4 is 10.6 Å². The lowest BCUT2D eigenvalue weighted by molar-refractivity contribution is 0.415. The summed E-state index contributed by atoms with van der Waals surface area (Å²) in [5.41, 5.74) is 2.00. The lowest BCUT2D eigenvalue weighted by atomic mass is 9.96. The van der Waals surface area contributed by atoms with Crippen LogP contribution in [0.25, 0.3) is 0 Å². The minimum absolute atomic E-state index is 0.542. The molecule has 1 aliphatic rings. The number of thiocarbonyl (C=S) groups is 1. The van der Waals surface area contributed by atoms with Crippen LogP contribution in [0.15, 0.2) is 6.20 Å². The van der Waals surface area contributed by atoms with Crippen LogP contribution in [0, 0.1) is 6.92 Å². The van der Waals surface area contributed by atoms with E-state index in [2.05, 4.69) is 22.7 Å². The number of nitrogens with zero attached hydrogens (tertiary/aromatic N) is 2. The molecule has 0 amide bonds. The van der Waals surface area contributed by atoms with Gasteiger partial charge in [-0.1, -0.05) is 19.3 Å². The standard InChI is InChI=1S/C13H22N4S/c1-3-17-9-12(10(2)16-17)15-13(18)14-11-7-5-4-6-8-11/h9,11H,3-8H2,1-2H3,(H2,14,15,18). The zero-order valence-corrected chi connectivity index (χ0v) is 12.0. The Kier molecular flexibility index (Phi) is 4.58. The van der Waals surface area contributed by atoms with Crippen molar-refractivity contribution in [1.29, 1.82) is 0 Å². The van der Waals surface area contributed by atoms with Crippen molar-refractivity contribution in [3.8, 4) is 0 Å². The van der Waals surface area contributed by atoms with Gasteiger partial charge in [-0.3, -0.25) is 4.68 Å². The van der Waals surface area contributed by atoms with Gasteiger partial charge in [-0.05, 0) is 38.9 Å². The molecule has 0 unspecified atom stereocenters. The number of hydrogen-bond donors (Lipinski definition) is 2. The van der Waals surface area contributed by atoms with E-state index in [9.17, 15) is 0 Å². The molecule has 0 saturated heterocycles. The second-order valence-corrected chi connectivity index (χ2v) is 5.33. The molecule has 0 atom stereocenters. The van der Waals surface area contributed by atoms with Crippen LogP contribution in [-0.4, -0.2) is 20.9 Å². The third-order valence-electron chi connectivity index (χ3n) is 3.46. The summed E-state index contributed by atoms with van der Waals surface area (Å²) in [5.74, 6) is 0. The first-order valence-electron chi connectivity index (χ1n) is 6.80. The molecular formula is C13H22N4S. The molecule has 100 valence electrons. The Morgan fingerprint density at radius 2 is 2.17 bits per heavy atom. The molecule has 0 radical (unpaired) electrons. The van der Waals surface area contributed by atoms with Gasteiger partial charge in [-0.15, -0.1) is 0 Å². The smallest absolute Gasteiger partial charge is 0.171 e. The fraction of sp³-hybridized carbons (Fsp3) is 0.692. The second-order valence-electron chi connectivity index (χ2n) is 4.92. The normalized spacial score (nSPS) is 16.6. The van der Waals surface area contributed by atoms with Gasteiger partial charge in [-0.25, -0.2) is 0 Å². The summed E-state index contributed by atoms with van der Waals surface area (Å²) in [7, 11) is 0. The molecule has 4 nitrogen and oxygen atoms in total. The van der Waals surface area contributed by atoms with E-state index in [1.54, 1.807) is 0 Å². The maximum atomic E-state index is 5.36. The van der Waals surface area contributed by atoms with E-state index in [1.807, 2.05) is 17.8 Å². The summed E-state index contributed by atoms with van der Waals surface area (Å²) in [6.45, 7) is 4.96. The van der Waals surface area contributed by atoms with Gasteiger partial charge in [0.2, 0.25) is 0 Å². The van der Waals surface area contributed by atoms with Crippen LogP contribution in [0.3, 0.4) is 0 Å². The highest BCUT2D eigenvalue weighted by atomic mass is 32.1. The Labute approximate surface area is 114 Å². The Morgan fingerprint density at radius 1 is 1.44 bits per heavy atom. The Hall–Kier alpha value is -1.10. The molecule has 0 aromatic carbocycles. The highest BCUT2D eigenvalue weighted by Gasteiger charge is 2.14. The molecule has 2 rings (SSSR count). The fourth-order valence-corrected chi connectivity index (χ4v) is 2.67. The number of rotatable bonds is 3. The van der Waals surface area contributed by atoms with Gasteiger partial charge in [0.15, 0.2) is 5.11 Å². The number of hydrogen-bond acceptors (Lipinski definition) is 2. The van der Waals surface area contributed by atoms with Crippen molar-refractivity contribution in [2.75, 3.05) is 5.32 Å². The van der Waals surface area contributed by atoms with Crippen molar-refractivity contribution in [3.05, 3.63) is 11.9 Å². The van der Waals surface area contributed by atoms with Crippen LogP contribution in [0.1, 0.15) is 44.7 Å². The zero-order chi connectivity index (χ0) is 13.0. The van der Waals surface area contributed by atoms with Gasteiger partial charge in [0.1, 0.15) is 0 Å². The fourth-order valence-electron chi connectivity index (χ4n) is 2.39. The van der Waals surface area contributed by atoms with Crippen molar-refractivity contribution in [1.82, 2.24) is 15.1 Å². The van der Waals surface area contributed by atoms with Crippen LogP contribution in [0.2, 0.25) is 0 Å². The maximum absolute atomic E-state index is 5.36. The van der Waals surface area contributed by atoms with Crippen LogP contribution >= 0.6 is 12.2 Å². The van der Waals surface area contributed by atoms with E-state index in [1.165, 1.54) is 32.1 Å². The monoisotopic (exact) mass is 266 g/mol. The largest absolute Gasteiger partial charge is 0.360 e. The summed E-state index contributed by atoms with van der Waals surface area (Å²) >= 11 is 5.36. The molecule has 18 heavy (non-hydrogen) atoms. The van der Waals surface area contributed by atoms with Crippen LogP contribution in [0.5, 0.6) is 0 Å². The lowest BCUT2D eigenvalue weighted by Crippen LogP contribution is -2.38. The molecule has 1 saturated carbocycles. The first kappa shape index (κ1) is 13.3. The van der Waals surface area contributed by atoms with Gasteiger partial charge < -0.3 is 10.6 Å². The van der Waals surface area contributed by atoms with E-state index < -0.39 is 0 Å². The summed E-state index contributed by atoms with van der Waals surface area (Å²) < 4.78 is 1.92. The minimum Gasteiger partial charge on any atom is -0.360 e. The Bertz CT molecular complexity index is 407. The number of aromatic nitrogens is 2. The first-order valence-corrected chi connectivity index (χ1v) is 7.21. The molecule has 0 aliphatic heterocycles. The van der Waals surface area contributed by atoms with E-state index in [-0.39, 0.29) is 0 Å². The molecule has 1 aromatic heterocycles. The topological polar surface area (TPSA) is 41.9 Å². The van der Waals surface area contributed by atoms with Gasteiger partial charge in [0.25, 0.3) is 0 Å². The van der Waals surface area contributed by atoms with Gasteiger partial charge in [0, 0.05) is 18.8 Å². The predicted molar refractivity (Wildman–Crippen MR) is 78.9 cm³/mol. The van der Waals surface area contributed by atoms with Gasteiger partial charge in [-0.2, -0.15) is 5.10 Å². The highest BCUT2D eigenvalue weighted by molar-refractivity contribution is 7.80. The first-order chi connectivity index (χ1) is 8.69. The third kappa shape index (κ3) is 3.45. The minimum atomic E-state index is 0.542. The predicted octanol–water partition coefficient (Wildman–Crippen LogP) is 2.83. The van der Waals surface area contributed by atoms with Crippen molar-refractivity contribution in [2.24, 2.45) is 0 Å². The molecule has 1 aromatic rings. The SMILES string of the molecule is CCn1cc(NC(=S)NC2CCCCC2)c(C)n1. The maximum Gasteiger partial charge on any atom is 0.171 e. The second kappa shape index (κ2) is 6.18. The summed E-state index contributed by atoms with van der Waals surface area (Å²) in [5, 5.41) is 11.8. The molecular weight excluding hydrogens is 244 g/mol. The molecule has 5 heteroatoms. The van der Waals surface area contributed by atoms with Crippen molar-refractivity contribution in [2.45, 2.75) is 58.5 Å². The number of aryl methyl sites for hydroxylation is 2. The van der Waals surface area contributed by atoms with Crippen LogP contribution in [0.4, 0.5) is 5.69 Å². The highest BCUT2D eigenvalue weighted by Crippen LogP contribution is 2.18. The lowest BCUT2D eigenvalue weighted by Gasteiger charge is -2.24. The Morgan fingerprint density at radius 3 is 2.78 bits per heavy atom. The van der Waals surface area contributed by atoms with Crippen molar-refractivity contribution in [3.63, 3.8) is 0 Å². The summed E-state index contributed by atoms with van der Waals surface area (Å²) in [6, 6.07) is 0.542. The average molecular weight is 266 g/mol. The molecule has 0 spiro atoms. The van der Waals surface area contributed by atoms with E-state index in [0.29, 0.717) is 6.04 Å². The summed E-state index contributed by atoms with van der Waals surface area (Å²) in [6.07, 6.45) is 8.45. The molecule has 2 N–H and O–H groups in total. The molecule has 1 heterocycles. The van der Waals surface area contributed by atoms with Crippen molar-refractivity contribution < 1.29 is 0 Å².